The molecule has 0 spiro atoms. The van der Waals surface area contributed by atoms with Crippen LogP contribution in [0.25, 0.3) is 0 Å². The number of nitrogens with one attached hydrogen (secondary N) is 1. The van der Waals surface area contributed by atoms with Crippen LogP contribution in [0.15, 0.2) is 138 Å². The standard InChI is InChI=1S/C39H39N3O5SSi/c1-39(2,3)49(30-20-12-6-13-21-30,31-22-14-7-15-23-31)46-27-33-32(47-37(44)29-18-10-5-11-19-29)26-35(48-33)42-25-24-34(41-38(42)45)40-36(43)28-16-8-4-9-17-28/h4-25,32-33,35H,26-27H2,1-3H3,(H,40,41,43,45)/t32-,33-,35-/m1/s1. The summed E-state index contributed by atoms with van der Waals surface area (Å²) >= 11 is 1.54. The largest absolute Gasteiger partial charge is 0.457 e. The second kappa shape index (κ2) is 14.8. The fourth-order valence-corrected chi connectivity index (χ4v) is 12.6. The van der Waals surface area contributed by atoms with Gasteiger partial charge in [-0.3, -0.25) is 9.36 Å². The summed E-state index contributed by atoms with van der Waals surface area (Å²) < 4.78 is 15.0. The third-order valence-electron chi connectivity index (χ3n) is 8.75. The van der Waals surface area contributed by atoms with E-state index in [2.05, 4.69) is 55.3 Å². The van der Waals surface area contributed by atoms with Crippen LogP contribution in [0.3, 0.4) is 0 Å². The number of thioether (sulfide) groups is 1. The number of hydrogen-bond acceptors (Lipinski definition) is 7. The van der Waals surface area contributed by atoms with Crippen LogP contribution in [0.5, 0.6) is 0 Å². The second-order valence-corrected chi connectivity index (χ2v) is 18.7. The monoisotopic (exact) mass is 689 g/mol. The fraction of sp³-hybridized carbons (Fsp3) is 0.231. The smallest absolute Gasteiger partial charge is 0.350 e. The lowest BCUT2D eigenvalue weighted by molar-refractivity contribution is 0.0258. The molecule has 1 aliphatic rings. The Hall–Kier alpha value is -4.77. The molecule has 4 aromatic carbocycles. The van der Waals surface area contributed by atoms with Gasteiger partial charge in [-0.25, -0.2) is 9.59 Å². The van der Waals surface area contributed by atoms with E-state index in [4.69, 9.17) is 9.16 Å². The van der Waals surface area contributed by atoms with E-state index in [1.54, 1.807) is 60.8 Å². The fourth-order valence-electron chi connectivity index (χ4n) is 6.37. The first-order valence-corrected chi connectivity index (χ1v) is 19.1. The van der Waals surface area contributed by atoms with Gasteiger partial charge in [0.2, 0.25) is 0 Å². The first kappa shape index (κ1) is 34.1. The summed E-state index contributed by atoms with van der Waals surface area (Å²) in [5.41, 5.74) is 0.414. The molecule has 0 bridgehead atoms. The number of benzene rings is 4. The van der Waals surface area contributed by atoms with Gasteiger partial charge < -0.3 is 14.5 Å². The SMILES string of the molecule is CC(C)(C)[Si](OC[C@H]1S[C@@H](n2ccc(NC(=O)c3ccccc3)nc2=O)C[C@H]1OC(=O)c1ccccc1)(c1ccccc1)c1ccccc1. The van der Waals surface area contributed by atoms with E-state index in [0.717, 1.165) is 10.4 Å². The van der Waals surface area contributed by atoms with Crippen LogP contribution in [-0.4, -0.2) is 47.7 Å². The van der Waals surface area contributed by atoms with Gasteiger partial charge in [0.1, 0.15) is 11.9 Å². The second-order valence-electron chi connectivity index (χ2n) is 13.0. The number of ether oxygens (including phenoxy) is 1. The van der Waals surface area contributed by atoms with Crippen molar-refractivity contribution in [3.63, 3.8) is 0 Å². The van der Waals surface area contributed by atoms with Crippen molar-refractivity contribution in [2.45, 2.75) is 49.0 Å². The Morgan fingerprint density at radius 1 is 0.816 bits per heavy atom. The highest BCUT2D eigenvalue weighted by atomic mass is 32.2. The van der Waals surface area contributed by atoms with E-state index >= 15 is 0 Å². The Balaban J connectivity index is 1.29. The van der Waals surface area contributed by atoms with Gasteiger partial charge in [0.15, 0.2) is 0 Å². The average Bonchev–Trinajstić information content (AvgIpc) is 3.51. The molecule has 1 fully saturated rings. The number of nitrogens with zero attached hydrogens (tertiary/aromatic N) is 2. The van der Waals surface area contributed by atoms with Crippen LogP contribution in [-0.2, 0) is 9.16 Å². The number of aromatic nitrogens is 2. The molecule has 2 heterocycles. The normalized spacial score (nSPS) is 17.7. The first-order chi connectivity index (χ1) is 23.7. The van der Waals surface area contributed by atoms with Crippen molar-refractivity contribution in [1.29, 1.82) is 0 Å². The Labute approximate surface area is 291 Å². The summed E-state index contributed by atoms with van der Waals surface area (Å²) in [5, 5.41) is 4.12. The van der Waals surface area contributed by atoms with E-state index in [1.807, 2.05) is 48.5 Å². The Morgan fingerprint density at radius 3 is 1.88 bits per heavy atom. The molecule has 0 unspecified atom stereocenters. The van der Waals surface area contributed by atoms with Crippen LogP contribution >= 0.6 is 11.8 Å². The summed E-state index contributed by atoms with van der Waals surface area (Å²) in [7, 11) is -2.89. The van der Waals surface area contributed by atoms with Gasteiger partial charge in [-0.1, -0.05) is 118 Å². The zero-order valence-electron chi connectivity index (χ0n) is 27.7. The molecular formula is C39H39N3O5SSi. The quantitative estimate of drug-likeness (QED) is 0.136. The van der Waals surface area contributed by atoms with Crippen LogP contribution in [0.1, 0.15) is 53.3 Å². The molecule has 1 N–H and O–H groups in total. The molecule has 6 rings (SSSR count). The topological polar surface area (TPSA) is 99.5 Å². The molecule has 1 aliphatic heterocycles. The van der Waals surface area contributed by atoms with Crippen molar-refractivity contribution in [3.05, 3.63) is 155 Å². The van der Waals surface area contributed by atoms with E-state index in [9.17, 15) is 14.4 Å². The number of esters is 1. The predicted molar refractivity (Wildman–Crippen MR) is 197 cm³/mol. The molecule has 49 heavy (non-hydrogen) atoms. The molecule has 1 saturated heterocycles. The lowest BCUT2D eigenvalue weighted by Crippen LogP contribution is -2.67. The summed E-state index contributed by atoms with van der Waals surface area (Å²) in [6, 6.07) is 40.1. The molecule has 0 radical (unpaired) electrons. The first-order valence-electron chi connectivity index (χ1n) is 16.3. The van der Waals surface area contributed by atoms with Crippen molar-refractivity contribution in [2.24, 2.45) is 0 Å². The van der Waals surface area contributed by atoms with Gasteiger partial charge in [0.25, 0.3) is 14.2 Å². The summed E-state index contributed by atoms with van der Waals surface area (Å²) in [6.07, 6.45) is 1.48. The number of carbonyl (C=O) groups is 2. The zero-order valence-corrected chi connectivity index (χ0v) is 29.5. The van der Waals surface area contributed by atoms with Gasteiger partial charge >= 0.3 is 11.7 Å². The Kier molecular flexibility index (Phi) is 10.3. The lowest BCUT2D eigenvalue weighted by atomic mass is 10.1. The molecule has 0 saturated carbocycles. The minimum atomic E-state index is -2.89. The molecule has 8 nitrogen and oxygen atoms in total. The van der Waals surface area contributed by atoms with Crippen LogP contribution in [0.2, 0.25) is 5.04 Å². The summed E-state index contributed by atoms with van der Waals surface area (Å²) in [5.74, 6) is -0.614. The number of rotatable bonds is 10. The Bertz CT molecular complexity index is 1900. The third-order valence-corrected chi connectivity index (χ3v) is 15.3. The molecule has 3 atom stereocenters. The molecule has 0 aliphatic carbocycles. The van der Waals surface area contributed by atoms with Crippen molar-refractivity contribution >= 4 is 48.1 Å². The van der Waals surface area contributed by atoms with Crippen LogP contribution < -0.4 is 21.4 Å². The number of carbonyl (C=O) groups excluding carboxylic acids is 2. The van der Waals surface area contributed by atoms with Crippen LogP contribution in [0, 0.1) is 0 Å². The maximum absolute atomic E-state index is 13.4. The average molecular weight is 690 g/mol. The van der Waals surface area contributed by atoms with Crippen molar-refractivity contribution in [1.82, 2.24) is 9.55 Å². The van der Waals surface area contributed by atoms with E-state index in [-0.39, 0.29) is 27.4 Å². The highest BCUT2D eigenvalue weighted by molar-refractivity contribution is 8.00. The van der Waals surface area contributed by atoms with Crippen molar-refractivity contribution in [2.75, 3.05) is 11.9 Å². The van der Waals surface area contributed by atoms with Crippen molar-refractivity contribution in [3.8, 4) is 0 Å². The predicted octanol–water partition coefficient (Wildman–Crippen LogP) is 6.30. The highest BCUT2D eigenvalue weighted by Gasteiger charge is 2.51. The molecule has 10 heteroatoms. The van der Waals surface area contributed by atoms with Gasteiger partial charge in [-0.05, 0) is 45.7 Å². The third kappa shape index (κ3) is 7.46. The molecule has 5 aromatic rings. The molecule has 250 valence electrons. The minimum Gasteiger partial charge on any atom is -0.457 e. The minimum absolute atomic E-state index is 0.164. The zero-order chi connectivity index (χ0) is 34.4. The van der Waals surface area contributed by atoms with E-state index in [0.29, 0.717) is 24.2 Å². The number of amides is 1. The maximum atomic E-state index is 13.4. The maximum Gasteiger partial charge on any atom is 0.350 e. The van der Waals surface area contributed by atoms with Gasteiger partial charge in [-0.2, -0.15) is 4.98 Å². The van der Waals surface area contributed by atoms with Gasteiger partial charge in [0.05, 0.1) is 22.8 Å². The molecule has 1 amide bonds. The highest BCUT2D eigenvalue weighted by Crippen LogP contribution is 2.44. The van der Waals surface area contributed by atoms with Gasteiger partial charge in [0, 0.05) is 18.2 Å². The summed E-state index contributed by atoms with van der Waals surface area (Å²) in [4.78, 5) is 43.6. The molecular weight excluding hydrogens is 651 g/mol. The number of hydrogen-bond donors (Lipinski definition) is 1. The number of anilines is 1. The van der Waals surface area contributed by atoms with Crippen molar-refractivity contribution < 1.29 is 18.8 Å². The van der Waals surface area contributed by atoms with E-state index in [1.165, 1.54) is 16.3 Å². The Morgan fingerprint density at radius 2 is 1.35 bits per heavy atom. The van der Waals surface area contributed by atoms with Gasteiger partial charge in [-0.15, -0.1) is 11.8 Å². The lowest BCUT2D eigenvalue weighted by Gasteiger charge is -2.43. The summed E-state index contributed by atoms with van der Waals surface area (Å²) in [6.45, 7) is 6.97. The van der Waals surface area contributed by atoms with Crippen LogP contribution in [0.4, 0.5) is 5.82 Å². The molecule has 1 aromatic heterocycles. The van der Waals surface area contributed by atoms with E-state index < -0.39 is 26.1 Å².